The molecule has 13 heavy (non-hydrogen) atoms. The van der Waals surface area contributed by atoms with E-state index in [0.29, 0.717) is 6.07 Å². The van der Waals surface area contributed by atoms with Crippen molar-refractivity contribution < 1.29 is 18.7 Å². The van der Waals surface area contributed by atoms with Gasteiger partial charge in [-0.3, -0.25) is 0 Å². The Morgan fingerprint density at radius 1 is 1.31 bits per heavy atom. The lowest BCUT2D eigenvalue weighted by atomic mass is 10.1. The summed E-state index contributed by atoms with van der Waals surface area (Å²) >= 11 is 0. The van der Waals surface area contributed by atoms with Crippen LogP contribution < -0.4 is 11.5 Å². The highest BCUT2D eigenvalue weighted by atomic mass is 19.2. The van der Waals surface area contributed by atoms with Gasteiger partial charge in [0.2, 0.25) is 0 Å². The fourth-order valence-corrected chi connectivity index (χ4v) is 0.837. The molecule has 0 aliphatic rings. The second-order valence-corrected chi connectivity index (χ2v) is 2.35. The minimum atomic E-state index is -1.46. The number of hydrogen-bond acceptors (Lipinski definition) is 3. The van der Waals surface area contributed by atoms with Gasteiger partial charge >= 0.3 is 5.97 Å². The van der Waals surface area contributed by atoms with Crippen LogP contribution in [0.15, 0.2) is 6.07 Å². The molecule has 1 rings (SSSR count). The van der Waals surface area contributed by atoms with Crippen LogP contribution >= 0.6 is 0 Å². The molecule has 1 aromatic carbocycles. The fourth-order valence-electron chi connectivity index (χ4n) is 0.837. The Morgan fingerprint density at radius 3 is 2.31 bits per heavy atom. The van der Waals surface area contributed by atoms with Gasteiger partial charge < -0.3 is 16.6 Å². The zero-order valence-electron chi connectivity index (χ0n) is 6.34. The Bertz CT molecular complexity index is 379. The summed E-state index contributed by atoms with van der Waals surface area (Å²) in [5, 5.41) is 8.48. The first-order chi connectivity index (χ1) is 5.95. The lowest BCUT2D eigenvalue weighted by Crippen LogP contribution is -2.09. The standard InChI is InChI=1S/C7H6F2N2O2/c8-3-1-2(7(12)13)5(10)6(11)4(3)9/h1H,10-11H2,(H,12,13). The monoisotopic (exact) mass is 188 g/mol. The maximum atomic E-state index is 12.7. The zero-order chi connectivity index (χ0) is 10.2. The number of hydrogen-bond donors (Lipinski definition) is 3. The highest BCUT2D eigenvalue weighted by Gasteiger charge is 2.17. The first-order valence-electron chi connectivity index (χ1n) is 3.21. The van der Waals surface area contributed by atoms with Crippen LogP contribution in [0.5, 0.6) is 0 Å². The summed E-state index contributed by atoms with van der Waals surface area (Å²) < 4.78 is 25.3. The molecule has 0 saturated heterocycles. The predicted molar refractivity (Wildman–Crippen MR) is 42.1 cm³/mol. The van der Waals surface area contributed by atoms with Crippen molar-refractivity contribution >= 4 is 17.3 Å². The van der Waals surface area contributed by atoms with Gasteiger partial charge in [0.05, 0.1) is 16.9 Å². The molecular formula is C7H6F2N2O2. The molecule has 0 saturated carbocycles. The average Bonchev–Trinajstić information content (AvgIpc) is 2.07. The van der Waals surface area contributed by atoms with Crippen LogP contribution in [0.25, 0.3) is 0 Å². The zero-order valence-corrected chi connectivity index (χ0v) is 6.34. The van der Waals surface area contributed by atoms with E-state index in [9.17, 15) is 13.6 Å². The van der Waals surface area contributed by atoms with Crippen LogP contribution in [-0.2, 0) is 0 Å². The van der Waals surface area contributed by atoms with Crippen molar-refractivity contribution in [3.8, 4) is 0 Å². The quantitative estimate of drug-likeness (QED) is 0.569. The third-order valence-electron chi connectivity index (χ3n) is 1.53. The molecule has 4 nitrogen and oxygen atoms in total. The summed E-state index contributed by atoms with van der Waals surface area (Å²) in [7, 11) is 0. The average molecular weight is 188 g/mol. The smallest absolute Gasteiger partial charge is 0.337 e. The molecule has 6 heteroatoms. The van der Waals surface area contributed by atoms with Gasteiger partial charge in [0.15, 0.2) is 11.6 Å². The van der Waals surface area contributed by atoms with E-state index in [1.165, 1.54) is 0 Å². The molecule has 0 bridgehead atoms. The molecule has 0 aliphatic heterocycles. The number of rotatable bonds is 1. The Kier molecular flexibility index (Phi) is 2.05. The summed E-state index contributed by atoms with van der Waals surface area (Å²) in [6.07, 6.45) is 0. The van der Waals surface area contributed by atoms with Crippen LogP contribution in [0, 0.1) is 11.6 Å². The van der Waals surface area contributed by atoms with E-state index in [4.69, 9.17) is 16.6 Å². The number of carboxylic acid groups (broad SMARTS) is 1. The lowest BCUT2D eigenvalue weighted by Gasteiger charge is -2.05. The van der Waals surface area contributed by atoms with Crippen LogP contribution in [-0.4, -0.2) is 11.1 Å². The SMILES string of the molecule is Nc1c(C(=O)O)cc(F)c(F)c1N. The van der Waals surface area contributed by atoms with Crippen LogP contribution in [0.4, 0.5) is 20.2 Å². The Hall–Kier alpha value is -1.85. The number of nitrogen functional groups attached to an aromatic ring is 2. The van der Waals surface area contributed by atoms with Crippen molar-refractivity contribution in [2.75, 3.05) is 11.5 Å². The summed E-state index contributed by atoms with van der Waals surface area (Å²) in [4.78, 5) is 10.4. The Balaban J connectivity index is 3.50. The summed E-state index contributed by atoms with van der Waals surface area (Å²) in [6.45, 7) is 0. The number of halogens is 2. The van der Waals surface area contributed by atoms with Gasteiger partial charge in [-0.05, 0) is 6.07 Å². The Morgan fingerprint density at radius 2 is 1.85 bits per heavy atom. The van der Waals surface area contributed by atoms with E-state index in [1.54, 1.807) is 0 Å². The van der Waals surface area contributed by atoms with Gasteiger partial charge in [-0.15, -0.1) is 0 Å². The second-order valence-electron chi connectivity index (χ2n) is 2.35. The predicted octanol–water partition coefficient (Wildman–Crippen LogP) is 0.827. The Labute approximate surface area is 71.8 Å². The van der Waals surface area contributed by atoms with E-state index in [2.05, 4.69) is 0 Å². The first-order valence-corrected chi connectivity index (χ1v) is 3.21. The van der Waals surface area contributed by atoms with Crippen molar-refractivity contribution in [1.82, 2.24) is 0 Å². The topological polar surface area (TPSA) is 89.3 Å². The number of aromatic carboxylic acids is 1. The van der Waals surface area contributed by atoms with Crippen molar-refractivity contribution in [2.24, 2.45) is 0 Å². The van der Waals surface area contributed by atoms with E-state index in [1.807, 2.05) is 0 Å². The van der Waals surface area contributed by atoms with Crippen LogP contribution in [0.3, 0.4) is 0 Å². The molecular weight excluding hydrogens is 182 g/mol. The maximum absolute atomic E-state index is 12.7. The minimum Gasteiger partial charge on any atom is -0.478 e. The molecule has 0 spiro atoms. The van der Waals surface area contributed by atoms with Gasteiger partial charge in [0.25, 0.3) is 0 Å². The number of carboxylic acids is 1. The largest absolute Gasteiger partial charge is 0.478 e. The van der Waals surface area contributed by atoms with Crippen molar-refractivity contribution in [2.45, 2.75) is 0 Å². The van der Waals surface area contributed by atoms with Gasteiger partial charge in [-0.1, -0.05) is 0 Å². The van der Waals surface area contributed by atoms with Crippen LogP contribution in [0.2, 0.25) is 0 Å². The molecule has 5 N–H and O–H groups in total. The van der Waals surface area contributed by atoms with E-state index < -0.39 is 34.5 Å². The summed E-state index contributed by atoms with van der Waals surface area (Å²) in [5.74, 6) is -4.12. The maximum Gasteiger partial charge on any atom is 0.337 e. The third-order valence-corrected chi connectivity index (χ3v) is 1.53. The molecule has 0 atom stereocenters. The number of nitrogens with two attached hydrogens (primary N) is 2. The van der Waals surface area contributed by atoms with Crippen LogP contribution in [0.1, 0.15) is 10.4 Å². The van der Waals surface area contributed by atoms with Gasteiger partial charge in [0.1, 0.15) is 0 Å². The van der Waals surface area contributed by atoms with Crippen molar-refractivity contribution in [3.63, 3.8) is 0 Å². The van der Waals surface area contributed by atoms with E-state index >= 15 is 0 Å². The molecule has 0 amide bonds. The molecule has 0 radical (unpaired) electrons. The summed E-state index contributed by atoms with van der Waals surface area (Å²) in [6, 6.07) is 0.489. The lowest BCUT2D eigenvalue weighted by molar-refractivity contribution is 0.0697. The molecule has 0 fully saturated rings. The van der Waals surface area contributed by atoms with E-state index in [0.717, 1.165) is 0 Å². The molecule has 0 aromatic heterocycles. The van der Waals surface area contributed by atoms with Crippen molar-refractivity contribution in [3.05, 3.63) is 23.3 Å². The van der Waals surface area contributed by atoms with Gasteiger partial charge in [-0.25, -0.2) is 13.6 Å². The normalized spacial score (nSPS) is 10.0. The number of anilines is 2. The number of carbonyl (C=O) groups is 1. The fraction of sp³-hybridized carbons (Fsp3) is 0. The van der Waals surface area contributed by atoms with Gasteiger partial charge in [-0.2, -0.15) is 0 Å². The first kappa shape index (κ1) is 9.24. The third kappa shape index (κ3) is 1.37. The summed E-state index contributed by atoms with van der Waals surface area (Å²) in [5.41, 5.74) is 8.46. The minimum absolute atomic E-state index is 0.466. The van der Waals surface area contributed by atoms with Gasteiger partial charge in [0, 0.05) is 0 Å². The second kappa shape index (κ2) is 2.89. The molecule has 0 unspecified atom stereocenters. The molecule has 0 aliphatic carbocycles. The molecule has 0 heterocycles. The van der Waals surface area contributed by atoms with E-state index in [-0.39, 0.29) is 0 Å². The highest BCUT2D eigenvalue weighted by Crippen LogP contribution is 2.25. The highest BCUT2D eigenvalue weighted by molar-refractivity contribution is 5.96. The molecule has 70 valence electrons. The van der Waals surface area contributed by atoms with Crippen molar-refractivity contribution in [1.29, 1.82) is 0 Å². The molecule has 1 aromatic rings. The number of benzene rings is 1.